The molecule has 0 spiro atoms. The quantitative estimate of drug-likeness (QED) is 0.652. The van der Waals surface area contributed by atoms with Crippen molar-refractivity contribution in [1.82, 2.24) is 0 Å². The minimum absolute atomic E-state index is 0.228. The molecule has 0 saturated heterocycles. The monoisotopic (exact) mass is 243 g/mol. The molecule has 1 atom stereocenters. The van der Waals surface area contributed by atoms with Gasteiger partial charge in [-0.15, -0.1) is 0 Å². The second kappa shape index (κ2) is 8.40. The van der Waals surface area contributed by atoms with Crippen molar-refractivity contribution in [2.75, 3.05) is 0 Å². The van der Waals surface area contributed by atoms with Gasteiger partial charge < -0.3 is 0 Å². The smallest absolute Gasteiger partial charge is 0.132 e. The van der Waals surface area contributed by atoms with Gasteiger partial charge in [-0.2, -0.15) is 0 Å². The molecule has 0 saturated carbocycles. The summed E-state index contributed by atoms with van der Waals surface area (Å²) in [5.74, 6) is 0.319. The average Bonchev–Trinajstić information content (AvgIpc) is 2.57. The molecule has 0 aromatic heterocycles. The van der Waals surface area contributed by atoms with Crippen molar-refractivity contribution in [3.8, 4) is 0 Å². The van der Waals surface area contributed by atoms with E-state index in [0.29, 0.717) is 18.6 Å². The summed E-state index contributed by atoms with van der Waals surface area (Å²) in [7, 11) is 0. The summed E-state index contributed by atoms with van der Waals surface area (Å²) in [5, 5.41) is 0. The van der Waals surface area contributed by atoms with Gasteiger partial charge in [0.05, 0.1) is 11.8 Å². The van der Waals surface area contributed by atoms with Gasteiger partial charge in [-0.05, 0) is 25.5 Å². The number of aliphatic imine (C=N–C) groups is 1. The van der Waals surface area contributed by atoms with Crippen molar-refractivity contribution in [2.45, 2.75) is 39.2 Å². The fourth-order valence-electron chi connectivity index (χ4n) is 1.55. The first-order valence-electron chi connectivity index (χ1n) is 6.50. The number of Topliss-reactive ketones (excluding diaryl/α,β-unsaturated/α-hetero) is 1. The largest absolute Gasteiger partial charge is 0.300 e. The molecule has 2 heteroatoms. The van der Waals surface area contributed by atoms with Gasteiger partial charge in [-0.1, -0.05) is 43.4 Å². The van der Waals surface area contributed by atoms with Gasteiger partial charge in [0.1, 0.15) is 5.78 Å². The normalized spacial score (nSPS) is 19.4. The van der Waals surface area contributed by atoms with Gasteiger partial charge in [0, 0.05) is 12.8 Å². The summed E-state index contributed by atoms with van der Waals surface area (Å²) in [4.78, 5) is 15.6. The fourth-order valence-corrected chi connectivity index (χ4v) is 1.55. The summed E-state index contributed by atoms with van der Waals surface area (Å²) in [6.07, 6.45) is 18.1. The number of allylic oxidation sites excluding steroid dienone is 7. The zero-order valence-corrected chi connectivity index (χ0v) is 11.2. The van der Waals surface area contributed by atoms with E-state index >= 15 is 0 Å². The number of hydrogen-bond acceptors (Lipinski definition) is 2. The molecule has 0 amide bonds. The Morgan fingerprint density at radius 1 is 1.39 bits per heavy atom. The van der Waals surface area contributed by atoms with Gasteiger partial charge in [0.25, 0.3) is 0 Å². The standard InChI is InChI=1S/C16H21NO/c1-3-16(18)13-7-5-4-6-11-15-12-9-8-10-14(2)17-15/h4-6,8-12,14H,3,7,13H2,1-2H3/b5-4+,11-6+. The maximum absolute atomic E-state index is 11.1. The predicted molar refractivity (Wildman–Crippen MR) is 78.0 cm³/mol. The second-order valence-corrected chi connectivity index (χ2v) is 4.26. The Kier molecular flexibility index (Phi) is 6.70. The number of nitrogens with zero attached hydrogens (tertiary/aromatic N) is 1. The number of hydrogen-bond donors (Lipinski definition) is 0. The molecule has 1 aliphatic heterocycles. The Morgan fingerprint density at radius 2 is 2.22 bits per heavy atom. The van der Waals surface area contributed by atoms with Crippen LogP contribution in [0.15, 0.2) is 53.6 Å². The highest BCUT2D eigenvalue weighted by Crippen LogP contribution is 2.01. The van der Waals surface area contributed by atoms with Crippen LogP contribution in [-0.2, 0) is 4.79 Å². The Hall–Kier alpha value is -1.70. The van der Waals surface area contributed by atoms with E-state index < -0.39 is 0 Å². The molecule has 1 heterocycles. The van der Waals surface area contributed by atoms with Crippen LogP contribution in [0.1, 0.15) is 33.1 Å². The van der Waals surface area contributed by atoms with Gasteiger partial charge >= 0.3 is 0 Å². The molecule has 2 nitrogen and oxygen atoms in total. The second-order valence-electron chi connectivity index (χ2n) is 4.26. The van der Waals surface area contributed by atoms with Crippen molar-refractivity contribution >= 4 is 11.5 Å². The highest BCUT2D eigenvalue weighted by atomic mass is 16.1. The number of carbonyl (C=O) groups is 1. The van der Waals surface area contributed by atoms with E-state index in [4.69, 9.17) is 0 Å². The zero-order valence-electron chi connectivity index (χ0n) is 11.2. The van der Waals surface area contributed by atoms with Crippen LogP contribution < -0.4 is 0 Å². The van der Waals surface area contributed by atoms with Crippen LogP contribution in [0.4, 0.5) is 0 Å². The van der Waals surface area contributed by atoms with Crippen LogP contribution in [0.2, 0.25) is 0 Å². The van der Waals surface area contributed by atoms with Crippen LogP contribution in [0.3, 0.4) is 0 Å². The summed E-state index contributed by atoms with van der Waals surface area (Å²) >= 11 is 0. The van der Waals surface area contributed by atoms with Crippen molar-refractivity contribution in [3.05, 3.63) is 48.6 Å². The van der Waals surface area contributed by atoms with Gasteiger partial charge in [-0.3, -0.25) is 9.79 Å². The SMILES string of the molecule is CCC(=O)CC/C=C/C=C/C1=NC(C)C=CC=C1. The summed E-state index contributed by atoms with van der Waals surface area (Å²) in [6, 6.07) is 0.228. The third-order valence-electron chi connectivity index (χ3n) is 2.62. The van der Waals surface area contributed by atoms with Crippen molar-refractivity contribution in [1.29, 1.82) is 0 Å². The molecule has 0 fully saturated rings. The van der Waals surface area contributed by atoms with Crippen molar-refractivity contribution in [3.63, 3.8) is 0 Å². The van der Waals surface area contributed by atoms with Crippen LogP contribution in [0, 0.1) is 0 Å². The molecule has 0 aliphatic carbocycles. The topological polar surface area (TPSA) is 29.4 Å². The molecular weight excluding hydrogens is 222 g/mol. The van der Waals surface area contributed by atoms with Gasteiger partial charge in [-0.25, -0.2) is 0 Å². The Bertz CT molecular complexity index is 411. The molecule has 0 radical (unpaired) electrons. The Morgan fingerprint density at radius 3 is 3.00 bits per heavy atom. The molecule has 0 bridgehead atoms. The molecule has 0 N–H and O–H groups in total. The Labute approximate surface area is 110 Å². The first-order valence-corrected chi connectivity index (χ1v) is 6.50. The highest BCUT2D eigenvalue weighted by molar-refractivity contribution is 6.04. The third kappa shape index (κ3) is 6.14. The molecule has 1 unspecified atom stereocenters. The van der Waals surface area contributed by atoms with E-state index in [1.54, 1.807) is 0 Å². The first-order chi connectivity index (χ1) is 8.72. The first kappa shape index (κ1) is 14.4. The van der Waals surface area contributed by atoms with Crippen LogP contribution in [0.5, 0.6) is 0 Å². The average molecular weight is 243 g/mol. The number of rotatable bonds is 6. The van der Waals surface area contributed by atoms with E-state index in [1.807, 2.05) is 49.5 Å². The lowest BCUT2D eigenvalue weighted by Gasteiger charge is -1.97. The minimum Gasteiger partial charge on any atom is -0.300 e. The minimum atomic E-state index is 0.228. The number of ketones is 1. The molecular formula is C16H21NO. The summed E-state index contributed by atoms with van der Waals surface area (Å²) in [6.45, 7) is 3.96. The lowest BCUT2D eigenvalue weighted by Crippen LogP contribution is -1.96. The third-order valence-corrected chi connectivity index (χ3v) is 2.62. The summed E-state index contributed by atoms with van der Waals surface area (Å²) < 4.78 is 0. The summed E-state index contributed by atoms with van der Waals surface area (Å²) in [5.41, 5.74) is 0.974. The maximum Gasteiger partial charge on any atom is 0.132 e. The van der Waals surface area contributed by atoms with E-state index in [1.165, 1.54) is 0 Å². The molecule has 1 rings (SSSR count). The molecule has 0 aromatic carbocycles. The zero-order chi connectivity index (χ0) is 13.2. The fraction of sp³-hybridized carbons (Fsp3) is 0.375. The van der Waals surface area contributed by atoms with E-state index in [9.17, 15) is 4.79 Å². The molecule has 0 aromatic rings. The maximum atomic E-state index is 11.1. The predicted octanol–water partition coefficient (Wildman–Crippen LogP) is 3.81. The van der Waals surface area contributed by atoms with Gasteiger partial charge in [0.2, 0.25) is 0 Å². The van der Waals surface area contributed by atoms with E-state index in [2.05, 4.69) is 18.0 Å². The van der Waals surface area contributed by atoms with Crippen LogP contribution >= 0.6 is 0 Å². The number of carbonyl (C=O) groups excluding carboxylic acids is 1. The van der Waals surface area contributed by atoms with Crippen LogP contribution in [-0.4, -0.2) is 17.5 Å². The lowest BCUT2D eigenvalue weighted by atomic mass is 10.2. The molecule has 96 valence electrons. The highest BCUT2D eigenvalue weighted by Gasteiger charge is 1.96. The Balaban J connectivity index is 2.36. The lowest BCUT2D eigenvalue weighted by molar-refractivity contribution is -0.118. The molecule has 18 heavy (non-hydrogen) atoms. The molecule has 1 aliphatic rings. The van der Waals surface area contributed by atoms with E-state index in [-0.39, 0.29) is 6.04 Å². The van der Waals surface area contributed by atoms with Crippen LogP contribution in [0.25, 0.3) is 0 Å². The van der Waals surface area contributed by atoms with Gasteiger partial charge in [0.15, 0.2) is 0 Å². The van der Waals surface area contributed by atoms with Crippen molar-refractivity contribution < 1.29 is 4.79 Å². The van der Waals surface area contributed by atoms with Crippen molar-refractivity contribution in [2.24, 2.45) is 4.99 Å². The van der Waals surface area contributed by atoms with E-state index in [0.717, 1.165) is 12.1 Å².